The lowest BCUT2D eigenvalue weighted by Gasteiger charge is -2.13. The molecule has 0 heterocycles. The highest BCUT2D eigenvalue weighted by molar-refractivity contribution is 9.10. The lowest BCUT2D eigenvalue weighted by Crippen LogP contribution is -2.29. The Hall–Kier alpha value is -0.390. The maximum Gasteiger partial charge on any atom is 0.240 e. The summed E-state index contributed by atoms with van der Waals surface area (Å²) in [6.07, 6.45) is 1.66. The summed E-state index contributed by atoms with van der Waals surface area (Å²) in [7, 11) is -3.40. The van der Waals surface area contributed by atoms with E-state index in [2.05, 4.69) is 27.6 Å². The fraction of sp³-hybridized carbons (Fsp3) is 0.538. The van der Waals surface area contributed by atoms with Gasteiger partial charge in [-0.25, -0.2) is 13.1 Å². The number of nitrogens with one attached hydrogen (secondary N) is 1. The number of hydrogen-bond donors (Lipinski definition) is 1. The summed E-state index contributed by atoms with van der Waals surface area (Å²) < 4.78 is 28.0. The van der Waals surface area contributed by atoms with Crippen LogP contribution in [0.15, 0.2) is 27.6 Å². The van der Waals surface area contributed by atoms with Crippen LogP contribution in [0.3, 0.4) is 0 Å². The van der Waals surface area contributed by atoms with Crippen LogP contribution in [0.5, 0.6) is 0 Å². The molecule has 1 N–H and O–H groups in total. The van der Waals surface area contributed by atoms with Gasteiger partial charge in [-0.3, -0.25) is 0 Å². The van der Waals surface area contributed by atoms with Gasteiger partial charge in [-0.15, -0.1) is 0 Å². The van der Waals surface area contributed by atoms with E-state index in [0.29, 0.717) is 23.8 Å². The normalized spacial score (nSPS) is 13.6. The van der Waals surface area contributed by atoms with E-state index in [4.69, 9.17) is 0 Å². The van der Waals surface area contributed by atoms with Crippen molar-refractivity contribution in [3.63, 3.8) is 0 Å². The number of benzene rings is 1. The average Bonchev–Trinajstić information content (AvgIpc) is 2.35. The minimum atomic E-state index is -3.40. The quantitative estimate of drug-likeness (QED) is 0.867. The summed E-state index contributed by atoms with van der Waals surface area (Å²) >= 11 is 3.36. The third-order valence-corrected chi connectivity index (χ3v) is 5.03. The first kappa shape index (κ1) is 15.7. The number of halogens is 1. The van der Waals surface area contributed by atoms with Gasteiger partial charge in [-0.2, -0.15) is 0 Å². The molecule has 0 aliphatic heterocycles. The molecular formula is C13H20BrNO2S. The van der Waals surface area contributed by atoms with Crippen molar-refractivity contribution in [3.05, 3.63) is 28.2 Å². The van der Waals surface area contributed by atoms with E-state index in [1.165, 1.54) is 0 Å². The van der Waals surface area contributed by atoms with Gasteiger partial charge >= 0.3 is 0 Å². The smallest absolute Gasteiger partial charge is 0.211 e. The third kappa shape index (κ3) is 4.07. The van der Waals surface area contributed by atoms with Gasteiger partial charge in [0.1, 0.15) is 0 Å². The minimum Gasteiger partial charge on any atom is -0.211 e. The molecular weight excluding hydrogens is 314 g/mol. The second-order valence-electron chi connectivity index (χ2n) is 4.47. The highest BCUT2D eigenvalue weighted by Gasteiger charge is 2.18. The van der Waals surface area contributed by atoms with Gasteiger partial charge in [0, 0.05) is 11.0 Å². The van der Waals surface area contributed by atoms with Gasteiger partial charge in [0.2, 0.25) is 10.0 Å². The second-order valence-corrected chi connectivity index (χ2v) is 7.12. The van der Waals surface area contributed by atoms with Gasteiger partial charge in [0.25, 0.3) is 0 Å². The van der Waals surface area contributed by atoms with Crippen LogP contribution >= 0.6 is 15.9 Å². The Bertz CT molecular complexity index is 500. The molecule has 3 nitrogen and oxygen atoms in total. The Kier molecular flexibility index (Phi) is 5.82. The highest BCUT2D eigenvalue weighted by atomic mass is 79.9. The number of sulfonamides is 1. The number of hydrogen-bond acceptors (Lipinski definition) is 2. The Morgan fingerprint density at radius 3 is 2.56 bits per heavy atom. The van der Waals surface area contributed by atoms with E-state index in [1.807, 2.05) is 19.9 Å². The fourth-order valence-corrected chi connectivity index (χ4v) is 3.42. The first-order valence-corrected chi connectivity index (χ1v) is 8.46. The molecule has 0 aliphatic rings. The van der Waals surface area contributed by atoms with Crippen molar-refractivity contribution >= 4 is 26.0 Å². The van der Waals surface area contributed by atoms with Crippen LogP contribution in [0.4, 0.5) is 0 Å². The van der Waals surface area contributed by atoms with Crippen molar-refractivity contribution in [2.24, 2.45) is 5.92 Å². The van der Waals surface area contributed by atoms with Crippen LogP contribution in [-0.2, 0) is 16.4 Å². The van der Waals surface area contributed by atoms with E-state index in [1.54, 1.807) is 12.1 Å². The summed E-state index contributed by atoms with van der Waals surface area (Å²) in [6, 6.07) is 5.27. The van der Waals surface area contributed by atoms with E-state index in [9.17, 15) is 8.42 Å². The minimum absolute atomic E-state index is 0.347. The number of rotatable bonds is 6. The molecule has 1 aromatic rings. The zero-order valence-corrected chi connectivity index (χ0v) is 13.4. The fourth-order valence-electron chi connectivity index (χ4n) is 1.56. The Morgan fingerprint density at radius 1 is 1.33 bits per heavy atom. The Balaban J connectivity index is 2.98. The van der Waals surface area contributed by atoms with E-state index >= 15 is 0 Å². The Morgan fingerprint density at radius 2 is 2.00 bits per heavy atom. The molecule has 0 aliphatic carbocycles. The zero-order valence-electron chi connectivity index (χ0n) is 11.0. The van der Waals surface area contributed by atoms with Crippen molar-refractivity contribution in [2.45, 2.75) is 38.5 Å². The molecule has 0 bridgehead atoms. The molecule has 0 saturated heterocycles. The van der Waals surface area contributed by atoms with Crippen molar-refractivity contribution < 1.29 is 8.42 Å². The molecule has 1 unspecified atom stereocenters. The molecule has 0 amide bonds. The molecule has 1 aromatic carbocycles. The molecule has 102 valence electrons. The summed E-state index contributed by atoms with van der Waals surface area (Å²) in [5, 5.41) is 0. The second kappa shape index (κ2) is 6.68. The van der Waals surface area contributed by atoms with Gasteiger partial charge in [0.05, 0.1) is 4.90 Å². The van der Waals surface area contributed by atoms with Gasteiger partial charge in [0.15, 0.2) is 0 Å². The van der Waals surface area contributed by atoms with Crippen LogP contribution < -0.4 is 4.72 Å². The monoisotopic (exact) mass is 333 g/mol. The van der Waals surface area contributed by atoms with Crippen molar-refractivity contribution in [2.75, 3.05) is 6.54 Å². The molecule has 0 saturated carbocycles. The summed E-state index contributed by atoms with van der Waals surface area (Å²) in [5.41, 5.74) is 0.834. The van der Waals surface area contributed by atoms with Crippen LogP contribution in [0.2, 0.25) is 0 Å². The summed E-state index contributed by atoms with van der Waals surface area (Å²) in [5.74, 6) is 0.347. The van der Waals surface area contributed by atoms with Crippen molar-refractivity contribution in [1.82, 2.24) is 4.72 Å². The van der Waals surface area contributed by atoms with E-state index in [0.717, 1.165) is 16.5 Å². The lowest BCUT2D eigenvalue weighted by atomic mass is 10.1. The molecule has 0 fully saturated rings. The van der Waals surface area contributed by atoms with Gasteiger partial charge in [-0.1, -0.05) is 43.1 Å². The first-order chi connectivity index (χ1) is 8.40. The maximum atomic E-state index is 12.2. The predicted molar refractivity (Wildman–Crippen MR) is 78.2 cm³/mol. The van der Waals surface area contributed by atoms with Crippen LogP contribution in [-0.4, -0.2) is 15.0 Å². The summed E-state index contributed by atoms with van der Waals surface area (Å²) in [6.45, 7) is 6.52. The summed E-state index contributed by atoms with van der Waals surface area (Å²) in [4.78, 5) is 0.386. The van der Waals surface area contributed by atoms with Crippen LogP contribution in [0.1, 0.15) is 32.8 Å². The molecule has 0 spiro atoms. The topological polar surface area (TPSA) is 46.2 Å². The first-order valence-electron chi connectivity index (χ1n) is 6.18. The van der Waals surface area contributed by atoms with Gasteiger partial charge < -0.3 is 0 Å². The van der Waals surface area contributed by atoms with Crippen molar-refractivity contribution in [1.29, 1.82) is 0 Å². The largest absolute Gasteiger partial charge is 0.240 e. The zero-order chi connectivity index (χ0) is 13.8. The van der Waals surface area contributed by atoms with Gasteiger partial charge in [-0.05, 0) is 36.1 Å². The molecule has 0 radical (unpaired) electrons. The average molecular weight is 334 g/mol. The maximum absolute atomic E-state index is 12.2. The third-order valence-electron chi connectivity index (χ3n) is 3.01. The Labute approximate surface area is 118 Å². The lowest BCUT2D eigenvalue weighted by molar-refractivity contribution is 0.528. The molecule has 0 aromatic heterocycles. The van der Waals surface area contributed by atoms with E-state index in [-0.39, 0.29) is 0 Å². The number of aryl methyl sites for hydroxylation is 1. The highest BCUT2D eigenvalue weighted by Crippen LogP contribution is 2.21. The predicted octanol–water partition coefficient (Wildman–Crippen LogP) is 3.34. The standard InChI is InChI=1S/C13H20BrNO2S/c1-4-10(3)9-15-18(16,17)13-7-6-12(14)8-11(13)5-2/h6-8,10,15H,4-5,9H2,1-3H3. The molecule has 1 atom stereocenters. The molecule has 1 rings (SSSR count). The van der Waals surface area contributed by atoms with Crippen molar-refractivity contribution in [3.8, 4) is 0 Å². The van der Waals surface area contributed by atoms with Crippen LogP contribution in [0.25, 0.3) is 0 Å². The molecule has 18 heavy (non-hydrogen) atoms. The van der Waals surface area contributed by atoms with Crippen LogP contribution in [0, 0.1) is 5.92 Å². The van der Waals surface area contributed by atoms with E-state index < -0.39 is 10.0 Å². The SMILES string of the molecule is CCc1cc(Br)ccc1S(=O)(=O)NCC(C)CC. The molecule has 5 heteroatoms.